The minimum Gasteiger partial charge on any atom is -0.289 e. The Morgan fingerprint density at radius 2 is 1.28 bits per heavy atom. The molecule has 2 N–H and O–H groups in total. The number of carbonyl (C=O) groups excluding carboxylic acids is 2. The second-order valence-electron chi connectivity index (χ2n) is 3.71. The van der Waals surface area contributed by atoms with Gasteiger partial charge >= 0.3 is 0 Å². The van der Waals surface area contributed by atoms with Gasteiger partial charge in [0.25, 0.3) is 5.91 Å². The van der Waals surface area contributed by atoms with E-state index in [2.05, 4.69) is 0 Å². The van der Waals surface area contributed by atoms with Crippen LogP contribution in [0.5, 0.6) is 0 Å². The number of hydrogen-bond acceptors (Lipinski definition) is 3. The van der Waals surface area contributed by atoms with Crippen LogP contribution in [0, 0.1) is 0 Å². The monoisotopic (exact) mass is 241 g/mol. The molecular weight excluding hydrogens is 230 g/mol. The fraction of sp³-hybridized carbons (Fsp3) is 0. The van der Waals surface area contributed by atoms with E-state index in [9.17, 15) is 9.59 Å². The second kappa shape index (κ2) is 5.25. The molecule has 4 heteroatoms. The van der Waals surface area contributed by atoms with Gasteiger partial charge in [-0.3, -0.25) is 14.8 Å². The summed E-state index contributed by atoms with van der Waals surface area (Å²) in [5.41, 5.74) is 2.92. The molecule has 0 atom stereocenters. The summed E-state index contributed by atoms with van der Waals surface area (Å²) >= 11 is 0. The van der Waals surface area contributed by atoms with Crippen LogP contribution in [0.2, 0.25) is 0 Å². The van der Waals surface area contributed by atoms with Crippen molar-refractivity contribution in [2.45, 2.75) is 0 Å². The van der Waals surface area contributed by atoms with E-state index in [1.165, 1.54) is 17.6 Å². The minimum absolute atomic E-state index is 0.105. The van der Waals surface area contributed by atoms with E-state index < -0.39 is 5.91 Å². The van der Waals surface area contributed by atoms with Crippen LogP contribution in [0.15, 0.2) is 54.6 Å². The lowest BCUT2D eigenvalue weighted by atomic mass is 10.0. The average Bonchev–Trinajstić information content (AvgIpc) is 2.47. The number of benzene rings is 2. The van der Waals surface area contributed by atoms with Gasteiger partial charge in [0.05, 0.1) is 0 Å². The molecule has 0 heterocycles. The highest BCUT2D eigenvalue weighted by molar-refractivity contribution is 6.09. The van der Waals surface area contributed by atoms with Gasteiger partial charge in [-0.25, -0.2) is 5.48 Å². The van der Waals surface area contributed by atoms with Crippen LogP contribution in [0.4, 0.5) is 0 Å². The van der Waals surface area contributed by atoms with Gasteiger partial charge in [0.15, 0.2) is 5.78 Å². The molecule has 0 aliphatic rings. The van der Waals surface area contributed by atoms with E-state index in [4.69, 9.17) is 5.21 Å². The van der Waals surface area contributed by atoms with Crippen LogP contribution in [0.1, 0.15) is 26.3 Å². The van der Waals surface area contributed by atoms with Crippen molar-refractivity contribution in [3.05, 3.63) is 71.3 Å². The molecule has 0 aromatic heterocycles. The first-order chi connectivity index (χ1) is 8.72. The predicted octanol–water partition coefficient (Wildman–Crippen LogP) is 2.04. The van der Waals surface area contributed by atoms with Crippen molar-refractivity contribution in [1.29, 1.82) is 0 Å². The molecule has 0 saturated carbocycles. The Hall–Kier alpha value is -2.46. The fourth-order valence-corrected chi connectivity index (χ4v) is 1.59. The molecule has 2 aromatic carbocycles. The number of hydroxylamine groups is 1. The first kappa shape index (κ1) is 12.0. The van der Waals surface area contributed by atoms with Crippen molar-refractivity contribution in [2.75, 3.05) is 0 Å². The van der Waals surface area contributed by atoms with Crippen LogP contribution in [-0.2, 0) is 0 Å². The van der Waals surface area contributed by atoms with E-state index in [1.54, 1.807) is 36.4 Å². The zero-order chi connectivity index (χ0) is 13.0. The maximum atomic E-state index is 12.0. The summed E-state index contributed by atoms with van der Waals surface area (Å²) in [5, 5.41) is 8.48. The van der Waals surface area contributed by atoms with E-state index in [1.807, 2.05) is 6.07 Å². The van der Waals surface area contributed by atoms with Crippen molar-refractivity contribution in [3.8, 4) is 0 Å². The predicted molar refractivity (Wildman–Crippen MR) is 65.6 cm³/mol. The third kappa shape index (κ3) is 2.44. The van der Waals surface area contributed by atoms with E-state index in [-0.39, 0.29) is 5.78 Å². The first-order valence-corrected chi connectivity index (χ1v) is 5.36. The van der Waals surface area contributed by atoms with Gasteiger partial charge in [-0.05, 0) is 12.1 Å². The highest BCUT2D eigenvalue weighted by Crippen LogP contribution is 2.11. The molecule has 2 aromatic rings. The van der Waals surface area contributed by atoms with Crippen molar-refractivity contribution in [1.82, 2.24) is 5.48 Å². The number of amides is 1. The Kier molecular flexibility index (Phi) is 3.50. The third-order valence-corrected chi connectivity index (χ3v) is 2.55. The maximum Gasteiger partial charge on any atom is 0.274 e. The summed E-state index contributed by atoms with van der Waals surface area (Å²) in [4.78, 5) is 23.2. The molecule has 0 fully saturated rings. The summed E-state index contributed by atoms with van der Waals surface area (Å²) in [6.07, 6.45) is 0. The van der Waals surface area contributed by atoms with Crippen LogP contribution in [0.3, 0.4) is 0 Å². The van der Waals surface area contributed by atoms with Gasteiger partial charge in [0, 0.05) is 16.7 Å². The van der Waals surface area contributed by atoms with Gasteiger partial charge in [-0.2, -0.15) is 0 Å². The molecule has 4 nitrogen and oxygen atoms in total. The summed E-state index contributed by atoms with van der Waals surface area (Å²) in [7, 11) is 0. The summed E-state index contributed by atoms with van der Waals surface area (Å²) in [6.45, 7) is 0. The van der Waals surface area contributed by atoms with Crippen molar-refractivity contribution in [3.63, 3.8) is 0 Å². The SMILES string of the molecule is O=C(NO)c1ccc(C(=O)c2ccccc2)cc1. The Balaban J connectivity index is 2.25. The Bertz CT molecular complexity index is 561. The molecule has 0 saturated heterocycles. The summed E-state index contributed by atoms with van der Waals surface area (Å²) in [5.74, 6) is -0.708. The highest BCUT2D eigenvalue weighted by atomic mass is 16.5. The van der Waals surface area contributed by atoms with Gasteiger partial charge in [-0.15, -0.1) is 0 Å². The zero-order valence-electron chi connectivity index (χ0n) is 9.46. The number of ketones is 1. The lowest BCUT2D eigenvalue weighted by Crippen LogP contribution is -2.18. The standard InChI is InChI=1S/C14H11NO3/c16-13(10-4-2-1-3-5-10)11-6-8-12(9-7-11)14(17)15-18/h1-9,18H,(H,15,17). The van der Waals surface area contributed by atoms with Crippen molar-refractivity contribution in [2.24, 2.45) is 0 Å². The largest absolute Gasteiger partial charge is 0.289 e. The van der Waals surface area contributed by atoms with Crippen LogP contribution in [0.25, 0.3) is 0 Å². The van der Waals surface area contributed by atoms with Gasteiger partial charge < -0.3 is 0 Å². The zero-order valence-corrected chi connectivity index (χ0v) is 9.46. The molecular formula is C14H11NO3. The van der Waals surface area contributed by atoms with Crippen LogP contribution >= 0.6 is 0 Å². The van der Waals surface area contributed by atoms with Crippen molar-refractivity contribution < 1.29 is 14.8 Å². The Morgan fingerprint density at radius 1 is 0.778 bits per heavy atom. The van der Waals surface area contributed by atoms with Gasteiger partial charge in [0.2, 0.25) is 0 Å². The molecule has 0 unspecified atom stereocenters. The topological polar surface area (TPSA) is 66.4 Å². The maximum absolute atomic E-state index is 12.0. The second-order valence-corrected chi connectivity index (χ2v) is 3.71. The average molecular weight is 241 g/mol. The minimum atomic E-state index is -0.603. The smallest absolute Gasteiger partial charge is 0.274 e. The Labute approximate surface area is 104 Å². The normalized spacial score (nSPS) is 9.83. The molecule has 0 aliphatic carbocycles. The summed E-state index contributed by atoms with van der Waals surface area (Å²) < 4.78 is 0. The van der Waals surface area contributed by atoms with Gasteiger partial charge in [0.1, 0.15) is 0 Å². The molecule has 18 heavy (non-hydrogen) atoms. The fourth-order valence-electron chi connectivity index (χ4n) is 1.59. The molecule has 0 radical (unpaired) electrons. The molecule has 2 rings (SSSR count). The van der Waals surface area contributed by atoms with Crippen LogP contribution < -0.4 is 5.48 Å². The Morgan fingerprint density at radius 3 is 1.83 bits per heavy atom. The van der Waals surface area contributed by atoms with E-state index in [0.29, 0.717) is 16.7 Å². The van der Waals surface area contributed by atoms with Crippen LogP contribution in [-0.4, -0.2) is 16.9 Å². The molecule has 0 bridgehead atoms. The third-order valence-electron chi connectivity index (χ3n) is 2.55. The number of hydrogen-bond donors (Lipinski definition) is 2. The molecule has 90 valence electrons. The van der Waals surface area contributed by atoms with E-state index in [0.717, 1.165) is 0 Å². The molecule has 1 amide bonds. The lowest BCUT2D eigenvalue weighted by molar-refractivity contribution is 0.0706. The quantitative estimate of drug-likeness (QED) is 0.491. The van der Waals surface area contributed by atoms with E-state index >= 15 is 0 Å². The van der Waals surface area contributed by atoms with Gasteiger partial charge in [-0.1, -0.05) is 42.5 Å². The number of carbonyl (C=O) groups is 2. The number of nitrogens with one attached hydrogen (secondary N) is 1. The first-order valence-electron chi connectivity index (χ1n) is 5.36. The molecule has 0 aliphatic heterocycles. The number of rotatable bonds is 3. The molecule has 0 spiro atoms. The summed E-state index contributed by atoms with van der Waals surface area (Å²) in [6, 6.07) is 15.0. The highest BCUT2D eigenvalue weighted by Gasteiger charge is 2.09. The lowest BCUT2D eigenvalue weighted by Gasteiger charge is -2.02. The van der Waals surface area contributed by atoms with Crippen molar-refractivity contribution >= 4 is 11.7 Å².